The third-order valence-electron chi connectivity index (χ3n) is 3.21. The molecule has 1 saturated carbocycles. The highest BCUT2D eigenvalue weighted by atomic mass is 16.5. The monoisotopic (exact) mass is 268 g/mol. The number of hydrogen-bond donors (Lipinski definition) is 3. The van der Waals surface area contributed by atoms with Crippen LogP contribution in [0.4, 0.5) is 4.79 Å². The van der Waals surface area contributed by atoms with E-state index in [2.05, 4.69) is 25.3 Å². The van der Waals surface area contributed by atoms with Crippen molar-refractivity contribution in [1.82, 2.24) is 20.8 Å². The van der Waals surface area contributed by atoms with Gasteiger partial charge in [-0.25, -0.2) is 4.79 Å². The molecule has 2 unspecified atom stereocenters. The minimum absolute atomic E-state index is 0.146. The Labute approximate surface area is 109 Å². The van der Waals surface area contributed by atoms with Gasteiger partial charge in [0.15, 0.2) is 5.82 Å². The van der Waals surface area contributed by atoms with Crippen LogP contribution in [0.3, 0.4) is 0 Å². The van der Waals surface area contributed by atoms with Crippen molar-refractivity contribution >= 4 is 12.0 Å². The molecule has 3 N–H and O–H groups in total. The molecule has 104 valence electrons. The highest BCUT2D eigenvalue weighted by Gasteiger charge is 2.31. The minimum Gasteiger partial charge on any atom is -0.481 e. The molecular weight excluding hydrogens is 252 g/mol. The van der Waals surface area contributed by atoms with Gasteiger partial charge in [-0.15, -0.1) is 0 Å². The van der Waals surface area contributed by atoms with Gasteiger partial charge in [0.05, 0.1) is 12.5 Å². The number of nitrogens with one attached hydrogen (secondary N) is 2. The summed E-state index contributed by atoms with van der Waals surface area (Å²) in [6.07, 6.45) is 4.29. The molecule has 0 radical (unpaired) electrons. The molecule has 1 fully saturated rings. The number of nitrogens with zero attached hydrogens (tertiary/aromatic N) is 2. The number of aliphatic carboxylic acids is 1. The lowest BCUT2D eigenvalue weighted by Gasteiger charge is -2.29. The van der Waals surface area contributed by atoms with E-state index in [9.17, 15) is 9.59 Å². The molecule has 1 aromatic heterocycles. The summed E-state index contributed by atoms with van der Waals surface area (Å²) in [5, 5.41) is 17.9. The standard InChI is InChI=1S/C11H16N4O4/c16-10(17)7-3-1-2-4-8(7)14-11(18)12-5-9-13-6-19-15-9/h6-8H,1-5H2,(H,16,17)(H2,12,14,18). The van der Waals surface area contributed by atoms with Crippen molar-refractivity contribution in [3.63, 3.8) is 0 Å². The Bertz CT molecular complexity index is 434. The Hall–Kier alpha value is -2.12. The van der Waals surface area contributed by atoms with E-state index in [4.69, 9.17) is 5.11 Å². The van der Waals surface area contributed by atoms with Crippen LogP contribution in [0.1, 0.15) is 31.5 Å². The fraction of sp³-hybridized carbons (Fsp3) is 0.636. The van der Waals surface area contributed by atoms with Crippen LogP contribution in [0.15, 0.2) is 10.9 Å². The molecule has 1 aliphatic rings. The molecule has 8 nitrogen and oxygen atoms in total. The summed E-state index contributed by atoms with van der Waals surface area (Å²) >= 11 is 0. The Morgan fingerprint density at radius 1 is 1.42 bits per heavy atom. The van der Waals surface area contributed by atoms with E-state index in [1.165, 1.54) is 6.39 Å². The molecule has 2 rings (SSSR count). The predicted octanol–water partition coefficient (Wildman–Crippen LogP) is 0.512. The molecule has 1 aromatic rings. The number of aromatic nitrogens is 2. The van der Waals surface area contributed by atoms with E-state index in [0.717, 1.165) is 12.8 Å². The summed E-state index contributed by atoms with van der Waals surface area (Å²) in [5.41, 5.74) is 0. The Morgan fingerprint density at radius 3 is 2.89 bits per heavy atom. The Kier molecular flexibility index (Phi) is 4.32. The smallest absolute Gasteiger partial charge is 0.315 e. The molecule has 0 saturated heterocycles. The SMILES string of the molecule is O=C(NCc1ncon1)NC1CCCCC1C(=O)O. The van der Waals surface area contributed by atoms with Crippen LogP contribution in [-0.4, -0.2) is 33.3 Å². The molecule has 1 aliphatic carbocycles. The van der Waals surface area contributed by atoms with Crippen molar-refractivity contribution < 1.29 is 19.2 Å². The summed E-state index contributed by atoms with van der Waals surface area (Å²) in [6.45, 7) is 0.146. The molecule has 2 atom stereocenters. The van der Waals surface area contributed by atoms with Gasteiger partial charge in [-0.1, -0.05) is 18.0 Å². The lowest BCUT2D eigenvalue weighted by molar-refractivity contribution is -0.143. The number of urea groups is 1. The minimum atomic E-state index is -0.858. The lowest BCUT2D eigenvalue weighted by Crippen LogP contribution is -2.48. The zero-order chi connectivity index (χ0) is 13.7. The third-order valence-corrected chi connectivity index (χ3v) is 3.21. The van der Waals surface area contributed by atoms with Gasteiger partial charge in [-0.2, -0.15) is 4.98 Å². The van der Waals surface area contributed by atoms with E-state index in [-0.39, 0.29) is 12.6 Å². The summed E-state index contributed by atoms with van der Waals surface area (Å²) in [4.78, 5) is 26.5. The van der Waals surface area contributed by atoms with Gasteiger partial charge in [0.25, 0.3) is 0 Å². The van der Waals surface area contributed by atoms with Gasteiger partial charge < -0.3 is 20.3 Å². The number of carboxylic acid groups (broad SMARTS) is 1. The first-order valence-electron chi connectivity index (χ1n) is 6.19. The average Bonchev–Trinajstić information content (AvgIpc) is 2.90. The third kappa shape index (κ3) is 3.67. The van der Waals surface area contributed by atoms with E-state index in [0.29, 0.717) is 18.7 Å². The van der Waals surface area contributed by atoms with E-state index < -0.39 is 17.9 Å². The second kappa shape index (κ2) is 6.17. The second-order valence-electron chi connectivity index (χ2n) is 4.51. The molecular formula is C11H16N4O4. The van der Waals surface area contributed by atoms with Crippen LogP contribution in [0.25, 0.3) is 0 Å². The molecule has 1 heterocycles. The van der Waals surface area contributed by atoms with Crippen molar-refractivity contribution in [2.75, 3.05) is 0 Å². The van der Waals surface area contributed by atoms with Crippen LogP contribution >= 0.6 is 0 Å². The summed E-state index contributed by atoms with van der Waals surface area (Å²) in [7, 11) is 0. The largest absolute Gasteiger partial charge is 0.481 e. The first-order chi connectivity index (χ1) is 9.16. The fourth-order valence-corrected chi connectivity index (χ4v) is 2.25. The van der Waals surface area contributed by atoms with Gasteiger partial charge in [-0.3, -0.25) is 4.79 Å². The maximum Gasteiger partial charge on any atom is 0.315 e. The Balaban J connectivity index is 1.81. The van der Waals surface area contributed by atoms with Crippen molar-refractivity contribution in [3.8, 4) is 0 Å². The van der Waals surface area contributed by atoms with Crippen molar-refractivity contribution in [1.29, 1.82) is 0 Å². The first-order valence-corrected chi connectivity index (χ1v) is 6.19. The lowest BCUT2D eigenvalue weighted by atomic mass is 9.84. The quantitative estimate of drug-likeness (QED) is 0.732. The van der Waals surface area contributed by atoms with Crippen molar-refractivity contribution in [2.45, 2.75) is 38.3 Å². The maximum absolute atomic E-state index is 11.7. The molecule has 0 aromatic carbocycles. The highest BCUT2D eigenvalue weighted by molar-refractivity contribution is 5.76. The van der Waals surface area contributed by atoms with Gasteiger partial charge in [0.1, 0.15) is 0 Å². The van der Waals surface area contributed by atoms with Crippen molar-refractivity contribution in [3.05, 3.63) is 12.2 Å². The van der Waals surface area contributed by atoms with Gasteiger partial charge >= 0.3 is 12.0 Å². The summed E-state index contributed by atoms with van der Waals surface area (Å²) in [6, 6.07) is -0.737. The van der Waals surface area contributed by atoms with Crippen LogP contribution in [-0.2, 0) is 11.3 Å². The molecule has 0 spiro atoms. The maximum atomic E-state index is 11.7. The van der Waals surface area contributed by atoms with Gasteiger partial charge in [-0.05, 0) is 12.8 Å². The molecule has 19 heavy (non-hydrogen) atoms. The number of rotatable bonds is 4. The zero-order valence-electron chi connectivity index (χ0n) is 10.3. The molecule has 0 aliphatic heterocycles. The Morgan fingerprint density at radius 2 is 2.21 bits per heavy atom. The highest BCUT2D eigenvalue weighted by Crippen LogP contribution is 2.24. The van der Waals surface area contributed by atoms with E-state index in [1.807, 2.05) is 0 Å². The summed E-state index contributed by atoms with van der Waals surface area (Å²) in [5.74, 6) is -0.999. The van der Waals surface area contributed by atoms with Crippen LogP contribution < -0.4 is 10.6 Å². The fourth-order valence-electron chi connectivity index (χ4n) is 2.25. The van der Waals surface area contributed by atoms with Crippen LogP contribution in [0.2, 0.25) is 0 Å². The molecule has 2 amide bonds. The normalized spacial score (nSPS) is 22.7. The van der Waals surface area contributed by atoms with Gasteiger partial charge in [0.2, 0.25) is 6.39 Å². The predicted molar refractivity (Wildman–Crippen MR) is 63.1 cm³/mol. The van der Waals surface area contributed by atoms with Crippen LogP contribution in [0.5, 0.6) is 0 Å². The number of carboxylic acids is 1. The van der Waals surface area contributed by atoms with Crippen molar-refractivity contribution in [2.24, 2.45) is 5.92 Å². The molecule has 8 heteroatoms. The van der Waals surface area contributed by atoms with Gasteiger partial charge in [0, 0.05) is 6.04 Å². The number of carbonyl (C=O) groups is 2. The topological polar surface area (TPSA) is 117 Å². The average molecular weight is 268 g/mol. The molecule has 0 bridgehead atoms. The number of amides is 2. The van der Waals surface area contributed by atoms with E-state index >= 15 is 0 Å². The summed E-state index contributed by atoms with van der Waals surface area (Å²) < 4.78 is 4.53. The van der Waals surface area contributed by atoms with E-state index in [1.54, 1.807) is 0 Å². The number of hydrogen-bond acceptors (Lipinski definition) is 5. The second-order valence-corrected chi connectivity index (χ2v) is 4.51. The zero-order valence-corrected chi connectivity index (χ0v) is 10.3. The van der Waals surface area contributed by atoms with Crippen LogP contribution in [0, 0.1) is 5.92 Å². The number of carbonyl (C=O) groups excluding carboxylic acids is 1. The first kappa shape index (κ1) is 13.3.